The molecule has 0 aromatic heterocycles. The summed E-state index contributed by atoms with van der Waals surface area (Å²) in [5, 5.41) is 18.3. The molecule has 4 nitrogen and oxygen atoms in total. The molecule has 0 aliphatic carbocycles. The second kappa shape index (κ2) is 9.18. The topological polar surface area (TPSA) is 70.3 Å². The van der Waals surface area contributed by atoms with Gasteiger partial charge in [0.2, 0.25) is 0 Å². The Bertz CT molecular complexity index is 1120. The Morgan fingerprint density at radius 1 is 1.10 bits per heavy atom. The molecule has 3 aromatic rings. The number of allylic oxidation sites excluding steroid dienone is 1. The van der Waals surface area contributed by atoms with E-state index >= 15 is 0 Å². The molecule has 0 aliphatic rings. The first-order chi connectivity index (χ1) is 14.0. The van der Waals surface area contributed by atoms with E-state index in [2.05, 4.69) is 22.0 Å². The highest BCUT2D eigenvalue weighted by Gasteiger charge is 2.07. The molecule has 6 heteroatoms. The van der Waals surface area contributed by atoms with Crippen molar-refractivity contribution >= 4 is 33.5 Å². The Hall–Kier alpha value is -3.43. The molecule has 0 bridgehead atoms. The van der Waals surface area contributed by atoms with E-state index in [1.165, 1.54) is 24.3 Å². The maximum atomic E-state index is 13.4. The zero-order valence-electron chi connectivity index (χ0n) is 15.1. The molecule has 0 unspecified atom stereocenters. The monoisotopic (exact) mass is 451 g/mol. The number of carboxylic acid groups (broad SMARTS) is 1. The van der Waals surface area contributed by atoms with Crippen LogP contribution in [0.3, 0.4) is 0 Å². The Balaban J connectivity index is 1.74. The van der Waals surface area contributed by atoms with Crippen LogP contribution in [0.15, 0.2) is 71.2 Å². The Morgan fingerprint density at radius 3 is 2.48 bits per heavy atom. The number of aromatic carboxylic acids is 1. The van der Waals surface area contributed by atoms with Gasteiger partial charge in [-0.15, -0.1) is 0 Å². The summed E-state index contributed by atoms with van der Waals surface area (Å²) in [5.74, 6) is -0.766. The molecule has 0 atom stereocenters. The van der Waals surface area contributed by atoms with Crippen LogP contribution in [0.2, 0.25) is 0 Å². The van der Waals surface area contributed by atoms with Crippen molar-refractivity contribution in [1.29, 1.82) is 5.26 Å². The lowest BCUT2D eigenvalue weighted by atomic mass is 10.0. The molecule has 3 rings (SSSR count). The van der Waals surface area contributed by atoms with E-state index in [-0.39, 0.29) is 12.2 Å². The fourth-order valence-electron chi connectivity index (χ4n) is 2.63. The maximum absolute atomic E-state index is 13.4. The van der Waals surface area contributed by atoms with Gasteiger partial charge in [-0.1, -0.05) is 30.3 Å². The zero-order chi connectivity index (χ0) is 20.8. The van der Waals surface area contributed by atoms with E-state index in [0.29, 0.717) is 21.4 Å². The maximum Gasteiger partial charge on any atom is 0.335 e. The minimum atomic E-state index is -0.973. The molecular weight excluding hydrogens is 437 g/mol. The summed E-state index contributed by atoms with van der Waals surface area (Å²) in [6, 6.07) is 19.8. The first-order valence-corrected chi connectivity index (χ1v) is 9.38. The summed E-state index contributed by atoms with van der Waals surface area (Å²) in [4.78, 5) is 10.9. The SMILES string of the molecule is N#CC(=Cc1ccc(OCc2ccc(C(=O)O)cc2)c(Br)c1)c1cccc(F)c1. The van der Waals surface area contributed by atoms with Crippen molar-refractivity contribution in [3.8, 4) is 11.8 Å². The number of hydrogen-bond acceptors (Lipinski definition) is 3. The molecule has 29 heavy (non-hydrogen) atoms. The van der Waals surface area contributed by atoms with Crippen LogP contribution in [-0.4, -0.2) is 11.1 Å². The van der Waals surface area contributed by atoms with E-state index < -0.39 is 11.8 Å². The normalized spacial score (nSPS) is 11.0. The Labute approximate surface area is 175 Å². The van der Waals surface area contributed by atoms with Gasteiger partial charge in [0.1, 0.15) is 18.2 Å². The Morgan fingerprint density at radius 2 is 1.86 bits per heavy atom. The van der Waals surface area contributed by atoms with Gasteiger partial charge >= 0.3 is 5.97 Å². The lowest BCUT2D eigenvalue weighted by molar-refractivity contribution is 0.0697. The van der Waals surface area contributed by atoms with Gasteiger partial charge in [-0.2, -0.15) is 5.26 Å². The highest BCUT2D eigenvalue weighted by molar-refractivity contribution is 9.10. The summed E-state index contributed by atoms with van der Waals surface area (Å²) in [7, 11) is 0. The number of carboxylic acids is 1. The number of nitrogens with zero attached hydrogens (tertiary/aromatic N) is 1. The van der Waals surface area contributed by atoms with Crippen LogP contribution >= 0.6 is 15.9 Å². The van der Waals surface area contributed by atoms with Crippen LogP contribution in [-0.2, 0) is 6.61 Å². The second-order valence-electron chi connectivity index (χ2n) is 6.16. The summed E-state index contributed by atoms with van der Waals surface area (Å²) in [6.45, 7) is 0.278. The second-order valence-corrected chi connectivity index (χ2v) is 7.02. The van der Waals surface area contributed by atoms with Gasteiger partial charge in [0.05, 0.1) is 21.7 Å². The van der Waals surface area contributed by atoms with Gasteiger partial charge in [-0.25, -0.2) is 9.18 Å². The van der Waals surface area contributed by atoms with Crippen LogP contribution in [0, 0.1) is 17.1 Å². The fourth-order valence-corrected chi connectivity index (χ4v) is 3.14. The van der Waals surface area contributed by atoms with Crippen LogP contribution in [0.1, 0.15) is 27.0 Å². The summed E-state index contributed by atoms with van der Waals surface area (Å²) in [5.41, 5.74) is 2.68. The lowest BCUT2D eigenvalue weighted by Gasteiger charge is -2.09. The molecule has 0 saturated heterocycles. The largest absolute Gasteiger partial charge is 0.488 e. The van der Waals surface area contributed by atoms with Gasteiger partial charge in [0.15, 0.2) is 0 Å². The smallest absolute Gasteiger partial charge is 0.335 e. The van der Waals surface area contributed by atoms with Crippen LogP contribution in [0.5, 0.6) is 5.75 Å². The molecular formula is C23H15BrFNO3. The summed E-state index contributed by atoms with van der Waals surface area (Å²) < 4.78 is 19.9. The van der Waals surface area contributed by atoms with Gasteiger partial charge in [0, 0.05) is 0 Å². The van der Waals surface area contributed by atoms with Crippen LogP contribution in [0.4, 0.5) is 4.39 Å². The lowest BCUT2D eigenvalue weighted by Crippen LogP contribution is -1.99. The minimum absolute atomic E-state index is 0.220. The third-order valence-corrected chi connectivity index (χ3v) is 4.74. The molecule has 0 amide bonds. The quantitative estimate of drug-likeness (QED) is 0.372. The number of benzene rings is 3. The number of ether oxygens (including phenoxy) is 1. The third kappa shape index (κ3) is 5.31. The number of nitriles is 1. The first-order valence-electron chi connectivity index (χ1n) is 8.58. The van der Waals surface area contributed by atoms with Gasteiger partial charge in [-0.05, 0) is 75.1 Å². The van der Waals surface area contributed by atoms with E-state index in [0.717, 1.165) is 11.1 Å². The van der Waals surface area contributed by atoms with E-state index in [1.807, 2.05) is 0 Å². The van der Waals surface area contributed by atoms with Crippen molar-refractivity contribution in [2.75, 3.05) is 0 Å². The van der Waals surface area contributed by atoms with E-state index in [4.69, 9.17) is 9.84 Å². The predicted molar refractivity (Wildman–Crippen MR) is 112 cm³/mol. The van der Waals surface area contributed by atoms with Crippen molar-refractivity contribution in [2.45, 2.75) is 6.61 Å². The summed E-state index contributed by atoms with van der Waals surface area (Å²) >= 11 is 3.46. The van der Waals surface area contributed by atoms with Gasteiger partial charge in [-0.3, -0.25) is 0 Å². The number of rotatable bonds is 6. The van der Waals surface area contributed by atoms with Crippen molar-refractivity contribution in [1.82, 2.24) is 0 Å². The molecule has 0 fully saturated rings. The molecule has 0 heterocycles. The third-order valence-electron chi connectivity index (χ3n) is 4.12. The molecule has 1 N–H and O–H groups in total. The fraction of sp³-hybridized carbons (Fsp3) is 0.0435. The van der Waals surface area contributed by atoms with Gasteiger partial charge in [0.25, 0.3) is 0 Å². The molecule has 0 radical (unpaired) electrons. The van der Waals surface area contributed by atoms with Crippen molar-refractivity contribution in [3.05, 3.63) is 99.3 Å². The van der Waals surface area contributed by atoms with E-state index in [9.17, 15) is 14.4 Å². The molecule has 0 saturated carbocycles. The number of carbonyl (C=O) groups is 1. The molecule has 0 aliphatic heterocycles. The molecule has 144 valence electrons. The number of hydrogen-bond donors (Lipinski definition) is 1. The highest BCUT2D eigenvalue weighted by Crippen LogP contribution is 2.29. The van der Waals surface area contributed by atoms with Gasteiger partial charge < -0.3 is 9.84 Å². The molecule has 0 spiro atoms. The van der Waals surface area contributed by atoms with Crippen molar-refractivity contribution in [2.24, 2.45) is 0 Å². The average molecular weight is 452 g/mol. The highest BCUT2D eigenvalue weighted by atomic mass is 79.9. The van der Waals surface area contributed by atoms with Crippen LogP contribution in [0.25, 0.3) is 11.6 Å². The predicted octanol–water partition coefficient (Wildman–Crippen LogP) is 5.93. The summed E-state index contributed by atoms with van der Waals surface area (Å²) in [6.07, 6.45) is 1.67. The standard InChI is InChI=1S/C23H15BrFNO3/c24-21-11-16(10-19(13-26)18-2-1-3-20(25)12-18)6-9-22(21)29-14-15-4-7-17(8-5-15)23(27)28/h1-12H,14H2,(H,27,28). The zero-order valence-corrected chi connectivity index (χ0v) is 16.7. The first kappa shape index (κ1) is 20.3. The van der Waals surface area contributed by atoms with Crippen LogP contribution < -0.4 is 4.74 Å². The van der Waals surface area contributed by atoms with Crippen molar-refractivity contribution < 1.29 is 19.0 Å². The molecule has 3 aromatic carbocycles. The Kier molecular flexibility index (Phi) is 6.43. The van der Waals surface area contributed by atoms with E-state index in [1.54, 1.807) is 48.5 Å². The minimum Gasteiger partial charge on any atom is -0.488 e. The average Bonchev–Trinajstić information content (AvgIpc) is 2.71. The van der Waals surface area contributed by atoms with Crippen molar-refractivity contribution in [3.63, 3.8) is 0 Å². The number of halogens is 2.